The number of terminal acetylenes is 1. The van der Waals surface area contributed by atoms with E-state index in [1.54, 1.807) is 0 Å². The lowest BCUT2D eigenvalue weighted by Gasteiger charge is -2.15. The standard InChI is InChI=1S/C11H13FN2O2S/c1-3-6-14(2)17(15,16)11-7-9(8-13)4-5-10(11)12/h1,4-5,7H,6,8,13H2,2H3. The molecule has 0 aliphatic heterocycles. The van der Waals surface area contributed by atoms with Crippen LogP contribution in [0, 0.1) is 18.2 Å². The molecule has 0 aliphatic carbocycles. The highest BCUT2D eigenvalue weighted by Gasteiger charge is 2.24. The van der Waals surface area contributed by atoms with Crippen LogP contribution in [0.3, 0.4) is 0 Å². The van der Waals surface area contributed by atoms with Crippen molar-refractivity contribution in [2.75, 3.05) is 13.6 Å². The largest absolute Gasteiger partial charge is 0.326 e. The lowest BCUT2D eigenvalue weighted by molar-refractivity contribution is 0.492. The number of sulfonamides is 1. The van der Waals surface area contributed by atoms with E-state index in [0.717, 1.165) is 10.4 Å². The summed E-state index contributed by atoms with van der Waals surface area (Å²) in [5.41, 5.74) is 5.92. The molecule has 0 amide bonds. The van der Waals surface area contributed by atoms with Crippen molar-refractivity contribution in [1.29, 1.82) is 0 Å². The summed E-state index contributed by atoms with van der Waals surface area (Å²) in [4.78, 5) is -0.404. The third-order valence-electron chi connectivity index (χ3n) is 2.23. The first kappa shape index (κ1) is 13.6. The maximum Gasteiger partial charge on any atom is 0.246 e. The number of rotatable bonds is 4. The fourth-order valence-corrected chi connectivity index (χ4v) is 2.45. The molecule has 1 rings (SSSR count). The molecule has 92 valence electrons. The summed E-state index contributed by atoms with van der Waals surface area (Å²) in [5, 5.41) is 0. The van der Waals surface area contributed by atoms with Crippen LogP contribution in [0.1, 0.15) is 5.56 Å². The second kappa shape index (κ2) is 5.27. The van der Waals surface area contributed by atoms with E-state index in [2.05, 4.69) is 5.92 Å². The molecular formula is C11H13FN2O2S. The molecule has 0 bridgehead atoms. The van der Waals surface area contributed by atoms with Gasteiger partial charge in [0.05, 0.1) is 6.54 Å². The van der Waals surface area contributed by atoms with Gasteiger partial charge in [-0.2, -0.15) is 4.31 Å². The molecule has 0 unspecified atom stereocenters. The zero-order chi connectivity index (χ0) is 13.1. The molecule has 0 atom stereocenters. The van der Waals surface area contributed by atoms with Gasteiger partial charge in [0, 0.05) is 13.6 Å². The highest BCUT2D eigenvalue weighted by Crippen LogP contribution is 2.19. The first-order valence-electron chi connectivity index (χ1n) is 4.81. The summed E-state index contributed by atoms with van der Waals surface area (Å²) in [7, 11) is -2.61. The summed E-state index contributed by atoms with van der Waals surface area (Å²) >= 11 is 0. The number of hydrogen-bond acceptors (Lipinski definition) is 3. The van der Waals surface area contributed by atoms with Crippen LogP contribution in [0.4, 0.5) is 4.39 Å². The van der Waals surface area contributed by atoms with Gasteiger partial charge in [0.25, 0.3) is 0 Å². The van der Waals surface area contributed by atoms with Crippen LogP contribution < -0.4 is 5.73 Å². The molecule has 0 saturated heterocycles. The summed E-state index contributed by atoms with van der Waals surface area (Å²) < 4.78 is 38.3. The Kier molecular flexibility index (Phi) is 4.23. The number of benzene rings is 1. The number of halogens is 1. The molecule has 6 heteroatoms. The maximum absolute atomic E-state index is 13.5. The van der Waals surface area contributed by atoms with Crippen LogP contribution in [-0.4, -0.2) is 26.3 Å². The third kappa shape index (κ3) is 2.82. The van der Waals surface area contributed by atoms with Crippen molar-refractivity contribution < 1.29 is 12.8 Å². The quantitative estimate of drug-likeness (QED) is 0.800. The first-order valence-corrected chi connectivity index (χ1v) is 6.25. The minimum atomic E-state index is -3.90. The van der Waals surface area contributed by atoms with E-state index in [1.165, 1.54) is 19.2 Å². The minimum absolute atomic E-state index is 0.116. The molecule has 0 aromatic heterocycles. The van der Waals surface area contributed by atoms with Gasteiger partial charge < -0.3 is 5.73 Å². The zero-order valence-electron chi connectivity index (χ0n) is 9.35. The summed E-state index contributed by atoms with van der Waals surface area (Å²) in [6, 6.07) is 3.74. The Morgan fingerprint density at radius 2 is 2.18 bits per heavy atom. The first-order chi connectivity index (χ1) is 7.93. The highest BCUT2D eigenvalue weighted by atomic mass is 32.2. The van der Waals surface area contributed by atoms with Gasteiger partial charge in [-0.1, -0.05) is 12.0 Å². The van der Waals surface area contributed by atoms with Gasteiger partial charge in [0.2, 0.25) is 10.0 Å². The SMILES string of the molecule is C#CCN(C)S(=O)(=O)c1cc(CN)ccc1F. The molecule has 0 aliphatic rings. The molecule has 17 heavy (non-hydrogen) atoms. The average molecular weight is 256 g/mol. The van der Waals surface area contributed by atoms with Gasteiger partial charge in [0.1, 0.15) is 10.7 Å². The predicted octanol–water partition coefficient (Wildman–Crippen LogP) is 0.538. The number of nitrogens with zero attached hydrogens (tertiary/aromatic N) is 1. The average Bonchev–Trinajstić information content (AvgIpc) is 2.29. The van der Waals surface area contributed by atoms with E-state index in [1.807, 2.05) is 0 Å². The normalized spacial score (nSPS) is 11.5. The van der Waals surface area contributed by atoms with Crippen molar-refractivity contribution in [3.05, 3.63) is 29.6 Å². The Morgan fingerprint density at radius 1 is 1.53 bits per heavy atom. The summed E-state index contributed by atoms with van der Waals surface area (Å²) in [5.74, 6) is 1.38. The van der Waals surface area contributed by atoms with Gasteiger partial charge in [0.15, 0.2) is 0 Å². The molecule has 4 nitrogen and oxygen atoms in total. The van der Waals surface area contributed by atoms with Gasteiger partial charge >= 0.3 is 0 Å². The zero-order valence-corrected chi connectivity index (χ0v) is 10.2. The van der Waals surface area contributed by atoms with Crippen molar-refractivity contribution in [3.63, 3.8) is 0 Å². The van der Waals surface area contributed by atoms with Crippen LogP contribution in [0.25, 0.3) is 0 Å². The smallest absolute Gasteiger partial charge is 0.246 e. The Bertz CT molecular complexity index is 549. The molecule has 1 aromatic rings. The van der Waals surface area contributed by atoms with Crippen molar-refractivity contribution in [2.45, 2.75) is 11.4 Å². The second-order valence-electron chi connectivity index (χ2n) is 3.43. The van der Waals surface area contributed by atoms with Crippen molar-refractivity contribution in [2.24, 2.45) is 5.73 Å². The second-order valence-corrected chi connectivity index (χ2v) is 5.45. The molecular weight excluding hydrogens is 243 g/mol. The van der Waals surface area contributed by atoms with E-state index in [9.17, 15) is 12.8 Å². The van der Waals surface area contributed by atoms with Crippen molar-refractivity contribution in [3.8, 4) is 12.3 Å². The maximum atomic E-state index is 13.5. The summed E-state index contributed by atoms with van der Waals surface area (Å²) in [6.07, 6.45) is 5.03. The van der Waals surface area contributed by atoms with Crippen molar-refractivity contribution in [1.82, 2.24) is 4.31 Å². The molecule has 2 N–H and O–H groups in total. The fourth-order valence-electron chi connectivity index (χ4n) is 1.25. The number of hydrogen-bond donors (Lipinski definition) is 1. The predicted molar refractivity (Wildman–Crippen MR) is 62.9 cm³/mol. The van der Waals surface area contributed by atoms with Crippen LogP contribution in [0.2, 0.25) is 0 Å². The van der Waals surface area contributed by atoms with Crippen molar-refractivity contribution >= 4 is 10.0 Å². The summed E-state index contributed by atoms with van der Waals surface area (Å²) in [6.45, 7) is 0.0241. The van der Waals surface area contributed by atoms with Gasteiger partial charge in [-0.25, -0.2) is 12.8 Å². The topological polar surface area (TPSA) is 63.4 Å². The Morgan fingerprint density at radius 3 is 2.71 bits per heavy atom. The van der Waals surface area contributed by atoms with Crippen LogP contribution in [0.5, 0.6) is 0 Å². The van der Waals surface area contributed by atoms with Crippen LogP contribution in [0.15, 0.2) is 23.1 Å². The van der Waals surface area contributed by atoms with Gasteiger partial charge in [-0.3, -0.25) is 0 Å². The molecule has 0 saturated carbocycles. The molecule has 0 radical (unpaired) electrons. The lowest BCUT2D eigenvalue weighted by Crippen LogP contribution is -2.28. The Balaban J connectivity index is 3.28. The highest BCUT2D eigenvalue weighted by molar-refractivity contribution is 7.89. The van der Waals surface area contributed by atoms with E-state index in [0.29, 0.717) is 5.56 Å². The lowest BCUT2D eigenvalue weighted by atomic mass is 10.2. The Hall–Kier alpha value is -1.42. The van der Waals surface area contributed by atoms with Crippen LogP contribution in [-0.2, 0) is 16.6 Å². The molecule has 1 aromatic carbocycles. The Labute approximate surface area is 100 Å². The van der Waals surface area contributed by atoms with Crippen LogP contribution >= 0.6 is 0 Å². The minimum Gasteiger partial charge on any atom is -0.326 e. The fraction of sp³-hybridized carbons (Fsp3) is 0.273. The molecule has 0 heterocycles. The van der Waals surface area contributed by atoms with E-state index >= 15 is 0 Å². The van der Waals surface area contributed by atoms with Gasteiger partial charge in [-0.15, -0.1) is 6.42 Å². The van der Waals surface area contributed by atoms with E-state index < -0.39 is 20.7 Å². The third-order valence-corrected chi connectivity index (χ3v) is 4.05. The molecule has 0 fully saturated rings. The van der Waals surface area contributed by atoms with E-state index in [4.69, 9.17) is 12.2 Å². The van der Waals surface area contributed by atoms with Gasteiger partial charge in [-0.05, 0) is 17.7 Å². The monoisotopic (exact) mass is 256 g/mol. The number of nitrogens with two attached hydrogens (primary N) is 1. The van der Waals surface area contributed by atoms with E-state index in [-0.39, 0.29) is 13.1 Å². The molecule has 0 spiro atoms.